The fraction of sp³-hybridized carbons (Fsp3) is 0.667. The standard InChI is InChI=1S/C12H18N2OS/c1-9(2)14-5-3-4-10(6-14)12-13-11(7-15)8-16-12/h7-10H,3-6H2,1-2H3. The summed E-state index contributed by atoms with van der Waals surface area (Å²) in [5.41, 5.74) is 0.585. The largest absolute Gasteiger partial charge is 0.300 e. The summed E-state index contributed by atoms with van der Waals surface area (Å²) in [4.78, 5) is 17.5. The van der Waals surface area contributed by atoms with Crippen molar-refractivity contribution in [1.82, 2.24) is 9.88 Å². The van der Waals surface area contributed by atoms with Crippen LogP contribution in [-0.2, 0) is 0 Å². The second-order valence-corrected chi connectivity index (χ2v) is 5.55. The smallest absolute Gasteiger partial charge is 0.169 e. The first-order chi connectivity index (χ1) is 7.70. The highest BCUT2D eigenvalue weighted by Gasteiger charge is 2.24. The van der Waals surface area contributed by atoms with Crippen molar-refractivity contribution < 1.29 is 4.79 Å². The van der Waals surface area contributed by atoms with Gasteiger partial charge in [0.2, 0.25) is 0 Å². The first-order valence-electron chi connectivity index (χ1n) is 5.85. The number of aldehydes is 1. The molecule has 88 valence electrons. The Morgan fingerprint density at radius 3 is 3.06 bits per heavy atom. The van der Waals surface area contributed by atoms with Gasteiger partial charge >= 0.3 is 0 Å². The Kier molecular flexibility index (Phi) is 3.71. The van der Waals surface area contributed by atoms with Crippen LogP contribution in [0.4, 0.5) is 0 Å². The van der Waals surface area contributed by atoms with Gasteiger partial charge in [0.25, 0.3) is 0 Å². The van der Waals surface area contributed by atoms with Crippen molar-refractivity contribution in [2.45, 2.75) is 38.6 Å². The minimum absolute atomic E-state index is 0.523. The number of hydrogen-bond donors (Lipinski definition) is 0. The summed E-state index contributed by atoms with van der Waals surface area (Å²) < 4.78 is 0. The SMILES string of the molecule is CC(C)N1CCCC(c2nc(C=O)cs2)C1. The van der Waals surface area contributed by atoms with E-state index < -0.39 is 0 Å². The number of hydrogen-bond acceptors (Lipinski definition) is 4. The molecule has 0 radical (unpaired) electrons. The van der Waals surface area contributed by atoms with Gasteiger partial charge < -0.3 is 4.90 Å². The number of rotatable bonds is 3. The molecule has 0 bridgehead atoms. The molecule has 0 spiro atoms. The van der Waals surface area contributed by atoms with Gasteiger partial charge in [0.05, 0.1) is 5.01 Å². The van der Waals surface area contributed by atoms with Crippen LogP contribution < -0.4 is 0 Å². The highest BCUT2D eigenvalue weighted by Crippen LogP contribution is 2.29. The number of thiazole rings is 1. The molecule has 2 heterocycles. The summed E-state index contributed by atoms with van der Waals surface area (Å²) in [5, 5.41) is 2.99. The number of piperidine rings is 1. The van der Waals surface area contributed by atoms with E-state index in [0.29, 0.717) is 17.7 Å². The average molecular weight is 238 g/mol. The van der Waals surface area contributed by atoms with Crippen LogP contribution >= 0.6 is 11.3 Å². The Hall–Kier alpha value is -0.740. The number of aromatic nitrogens is 1. The van der Waals surface area contributed by atoms with Crippen LogP contribution in [0.5, 0.6) is 0 Å². The van der Waals surface area contributed by atoms with Crippen LogP contribution in [-0.4, -0.2) is 35.3 Å². The molecule has 1 aliphatic rings. The first kappa shape index (κ1) is 11.7. The van der Waals surface area contributed by atoms with Crippen molar-refractivity contribution in [1.29, 1.82) is 0 Å². The van der Waals surface area contributed by atoms with Crippen molar-refractivity contribution in [3.05, 3.63) is 16.1 Å². The Morgan fingerprint density at radius 1 is 1.62 bits per heavy atom. The zero-order valence-electron chi connectivity index (χ0n) is 9.85. The van der Waals surface area contributed by atoms with Crippen molar-refractivity contribution in [2.75, 3.05) is 13.1 Å². The summed E-state index contributed by atoms with van der Waals surface area (Å²) in [6.45, 7) is 6.76. The zero-order chi connectivity index (χ0) is 11.5. The molecule has 1 aromatic heterocycles. The quantitative estimate of drug-likeness (QED) is 0.759. The number of carbonyl (C=O) groups excluding carboxylic acids is 1. The lowest BCUT2D eigenvalue weighted by Crippen LogP contribution is -2.39. The Balaban J connectivity index is 2.06. The van der Waals surface area contributed by atoms with Crippen LogP contribution in [0, 0.1) is 0 Å². The lowest BCUT2D eigenvalue weighted by atomic mass is 9.98. The molecule has 1 aliphatic heterocycles. The fourth-order valence-electron chi connectivity index (χ4n) is 2.22. The maximum atomic E-state index is 10.6. The van der Waals surface area contributed by atoms with Gasteiger partial charge in [-0.15, -0.1) is 11.3 Å². The number of likely N-dealkylation sites (tertiary alicyclic amines) is 1. The molecule has 4 heteroatoms. The van der Waals surface area contributed by atoms with Gasteiger partial charge in [-0.05, 0) is 33.2 Å². The van der Waals surface area contributed by atoms with E-state index in [4.69, 9.17) is 0 Å². The predicted octanol–water partition coefficient (Wildman–Crippen LogP) is 2.54. The second kappa shape index (κ2) is 5.06. The highest BCUT2D eigenvalue weighted by molar-refractivity contribution is 7.09. The van der Waals surface area contributed by atoms with E-state index in [-0.39, 0.29) is 0 Å². The van der Waals surface area contributed by atoms with E-state index in [1.807, 2.05) is 5.38 Å². The van der Waals surface area contributed by atoms with Crippen LogP contribution in [0.3, 0.4) is 0 Å². The van der Waals surface area contributed by atoms with E-state index in [0.717, 1.165) is 17.8 Å². The molecule has 0 amide bonds. The van der Waals surface area contributed by atoms with E-state index in [2.05, 4.69) is 23.7 Å². The van der Waals surface area contributed by atoms with Crippen LogP contribution in [0.25, 0.3) is 0 Å². The van der Waals surface area contributed by atoms with Crippen molar-refractivity contribution in [2.24, 2.45) is 0 Å². The molecule has 16 heavy (non-hydrogen) atoms. The van der Waals surface area contributed by atoms with E-state index in [1.165, 1.54) is 19.4 Å². The maximum Gasteiger partial charge on any atom is 0.169 e. The van der Waals surface area contributed by atoms with Gasteiger partial charge in [0, 0.05) is 23.9 Å². The van der Waals surface area contributed by atoms with Gasteiger partial charge in [-0.2, -0.15) is 0 Å². The van der Waals surface area contributed by atoms with Crippen molar-refractivity contribution in [3.8, 4) is 0 Å². The molecule has 1 aromatic rings. The summed E-state index contributed by atoms with van der Waals surface area (Å²) in [5.74, 6) is 0.523. The van der Waals surface area contributed by atoms with Crippen LogP contribution in [0.2, 0.25) is 0 Å². The van der Waals surface area contributed by atoms with Crippen molar-refractivity contribution in [3.63, 3.8) is 0 Å². The van der Waals surface area contributed by atoms with E-state index in [9.17, 15) is 4.79 Å². The van der Waals surface area contributed by atoms with Gasteiger partial charge in [0.1, 0.15) is 5.69 Å². The number of carbonyl (C=O) groups is 1. The minimum Gasteiger partial charge on any atom is -0.300 e. The molecule has 1 saturated heterocycles. The Labute approximate surface area is 100 Å². The molecule has 3 nitrogen and oxygen atoms in total. The second-order valence-electron chi connectivity index (χ2n) is 4.66. The maximum absolute atomic E-state index is 10.6. The molecule has 0 N–H and O–H groups in total. The van der Waals surface area contributed by atoms with Gasteiger partial charge in [-0.1, -0.05) is 0 Å². The summed E-state index contributed by atoms with van der Waals surface area (Å²) >= 11 is 1.63. The zero-order valence-corrected chi connectivity index (χ0v) is 10.7. The third-order valence-corrected chi connectivity index (χ3v) is 4.22. The number of nitrogens with zero attached hydrogens (tertiary/aromatic N) is 2. The average Bonchev–Trinajstić information content (AvgIpc) is 2.77. The monoisotopic (exact) mass is 238 g/mol. The molecule has 1 fully saturated rings. The summed E-state index contributed by atoms with van der Waals surface area (Å²) in [6.07, 6.45) is 3.27. The minimum atomic E-state index is 0.523. The molecular weight excluding hydrogens is 220 g/mol. The Morgan fingerprint density at radius 2 is 2.44 bits per heavy atom. The van der Waals surface area contributed by atoms with Crippen molar-refractivity contribution >= 4 is 17.6 Å². The summed E-state index contributed by atoms with van der Waals surface area (Å²) in [6, 6.07) is 0.605. The molecule has 1 atom stereocenters. The highest BCUT2D eigenvalue weighted by atomic mass is 32.1. The lowest BCUT2D eigenvalue weighted by Gasteiger charge is -2.34. The molecule has 0 aliphatic carbocycles. The molecule has 1 unspecified atom stereocenters. The van der Waals surface area contributed by atoms with Gasteiger partial charge in [0.15, 0.2) is 6.29 Å². The molecule has 0 aromatic carbocycles. The molecular formula is C12H18N2OS. The Bertz CT molecular complexity index is 362. The van der Waals surface area contributed by atoms with E-state index >= 15 is 0 Å². The van der Waals surface area contributed by atoms with Crippen LogP contribution in [0.15, 0.2) is 5.38 Å². The normalized spacial score (nSPS) is 22.6. The van der Waals surface area contributed by atoms with Gasteiger partial charge in [-0.25, -0.2) is 4.98 Å². The van der Waals surface area contributed by atoms with Gasteiger partial charge in [-0.3, -0.25) is 4.79 Å². The molecule has 0 saturated carbocycles. The predicted molar refractivity (Wildman–Crippen MR) is 66.2 cm³/mol. The van der Waals surface area contributed by atoms with E-state index in [1.54, 1.807) is 11.3 Å². The summed E-state index contributed by atoms with van der Waals surface area (Å²) in [7, 11) is 0. The third kappa shape index (κ3) is 2.50. The topological polar surface area (TPSA) is 33.2 Å². The molecule has 2 rings (SSSR count). The van der Waals surface area contributed by atoms with Crippen LogP contribution in [0.1, 0.15) is 48.1 Å². The third-order valence-electron chi connectivity index (χ3n) is 3.19. The first-order valence-corrected chi connectivity index (χ1v) is 6.73. The lowest BCUT2D eigenvalue weighted by molar-refractivity contribution is 0.111. The fourth-order valence-corrected chi connectivity index (χ4v) is 3.11.